The summed E-state index contributed by atoms with van der Waals surface area (Å²) in [6.45, 7) is -0.288. The van der Waals surface area contributed by atoms with E-state index in [1.807, 2.05) is 0 Å². The Labute approximate surface area is 105 Å². The fourth-order valence-electron chi connectivity index (χ4n) is 1.24. The van der Waals surface area contributed by atoms with E-state index < -0.39 is 16.0 Å². The standard InChI is InChI=1S/C10H15N3O4S/c1-13(2)18(16,17)7-3-4-9(8(11)5-7)12-6-10(14)15/h3-5,12H,6,11H2,1-2H3,(H,14,15). The minimum atomic E-state index is -3.54. The van der Waals surface area contributed by atoms with E-state index >= 15 is 0 Å². The first-order chi connectivity index (χ1) is 8.25. The topological polar surface area (TPSA) is 113 Å². The highest BCUT2D eigenvalue weighted by atomic mass is 32.2. The van der Waals surface area contributed by atoms with Gasteiger partial charge in [-0.1, -0.05) is 0 Å². The van der Waals surface area contributed by atoms with Crippen molar-refractivity contribution in [2.75, 3.05) is 31.7 Å². The van der Waals surface area contributed by atoms with Crippen LogP contribution in [0, 0.1) is 0 Å². The summed E-state index contributed by atoms with van der Waals surface area (Å²) in [6.07, 6.45) is 0. The Morgan fingerprint density at radius 1 is 1.44 bits per heavy atom. The number of nitrogens with zero attached hydrogens (tertiary/aromatic N) is 1. The lowest BCUT2D eigenvalue weighted by atomic mass is 10.2. The van der Waals surface area contributed by atoms with Gasteiger partial charge in [-0.3, -0.25) is 4.79 Å². The number of carboxylic acid groups (broad SMARTS) is 1. The largest absolute Gasteiger partial charge is 0.480 e. The van der Waals surface area contributed by atoms with Crippen molar-refractivity contribution >= 4 is 27.4 Å². The minimum Gasteiger partial charge on any atom is -0.480 e. The van der Waals surface area contributed by atoms with Crippen LogP contribution in [0.4, 0.5) is 11.4 Å². The Morgan fingerprint density at radius 2 is 2.06 bits per heavy atom. The van der Waals surface area contributed by atoms with Crippen LogP contribution in [-0.2, 0) is 14.8 Å². The fraction of sp³-hybridized carbons (Fsp3) is 0.300. The van der Waals surface area contributed by atoms with Crippen molar-refractivity contribution in [2.45, 2.75) is 4.90 Å². The smallest absolute Gasteiger partial charge is 0.322 e. The maximum absolute atomic E-state index is 11.8. The van der Waals surface area contributed by atoms with Crippen LogP contribution in [0.25, 0.3) is 0 Å². The molecular formula is C10H15N3O4S. The van der Waals surface area contributed by atoms with Crippen molar-refractivity contribution in [1.82, 2.24) is 4.31 Å². The predicted molar refractivity (Wildman–Crippen MR) is 67.9 cm³/mol. The third-order valence-corrected chi connectivity index (χ3v) is 4.04. The van der Waals surface area contributed by atoms with Gasteiger partial charge in [-0.2, -0.15) is 0 Å². The third-order valence-electron chi connectivity index (χ3n) is 2.23. The molecule has 1 aromatic carbocycles. The third kappa shape index (κ3) is 3.11. The zero-order valence-corrected chi connectivity index (χ0v) is 10.9. The summed E-state index contributed by atoms with van der Waals surface area (Å²) in [6, 6.07) is 4.10. The molecule has 0 aliphatic carbocycles. The average Bonchev–Trinajstić information content (AvgIpc) is 2.26. The first-order valence-electron chi connectivity index (χ1n) is 5.03. The summed E-state index contributed by atoms with van der Waals surface area (Å²) in [7, 11) is -0.701. The van der Waals surface area contributed by atoms with Crippen LogP contribution < -0.4 is 11.1 Å². The molecule has 8 heteroatoms. The number of aliphatic carboxylic acids is 1. The summed E-state index contributed by atoms with van der Waals surface area (Å²) >= 11 is 0. The predicted octanol–water partition coefficient (Wildman–Crippen LogP) is 0.0156. The lowest BCUT2D eigenvalue weighted by Crippen LogP contribution is -2.22. The Bertz CT molecular complexity index is 554. The van der Waals surface area contributed by atoms with E-state index in [2.05, 4.69) is 5.32 Å². The summed E-state index contributed by atoms with van der Waals surface area (Å²) in [5.41, 5.74) is 6.23. The number of carbonyl (C=O) groups is 1. The molecule has 7 nitrogen and oxygen atoms in total. The number of carboxylic acids is 1. The highest BCUT2D eigenvalue weighted by Gasteiger charge is 2.18. The molecule has 0 saturated heterocycles. The van der Waals surface area contributed by atoms with Crippen LogP contribution in [0.15, 0.2) is 23.1 Å². The first kappa shape index (κ1) is 14.3. The van der Waals surface area contributed by atoms with Gasteiger partial charge in [0.2, 0.25) is 10.0 Å². The van der Waals surface area contributed by atoms with Crippen LogP contribution in [-0.4, -0.2) is 44.4 Å². The molecule has 0 spiro atoms. The van der Waals surface area contributed by atoms with E-state index in [4.69, 9.17) is 10.8 Å². The molecule has 1 rings (SSSR count). The molecule has 0 heterocycles. The molecular weight excluding hydrogens is 258 g/mol. The van der Waals surface area contributed by atoms with Crippen LogP contribution in [0.1, 0.15) is 0 Å². The van der Waals surface area contributed by atoms with Crippen molar-refractivity contribution in [3.8, 4) is 0 Å². The van der Waals surface area contributed by atoms with Crippen molar-refractivity contribution < 1.29 is 18.3 Å². The molecule has 0 aliphatic heterocycles. The molecule has 100 valence electrons. The summed E-state index contributed by atoms with van der Waals surface area (Å²) in [5.74, 6) is -1.03. The highest BCUT2D eigenvalue weighted by molar-refractivity contribution is 7.89. The first-order valence-corrected chi connectivity index (χ1v) is 6.47. The second kappa shape index (κ2) is 5.23. The van der Waals surface area contributed by atoms with Gasteiger partial charge in [0.05, 0.1) is 16.3 Å². The molecule has 18 heavy (non-hydrogen) atoms. The number of hydrogen-bond donors (Lipinski definition) is 3. The molecule has 0 fully saturated rings. The second-order valence-corrected chi connectivity index (χ2v) is 5.94. The normalized spacial score (nSPS) is 11.5. The average molecular weight is 273 g/mol. The number of anilines is 2. The minimum absolute atomic E-state index is 0.0610. The number of nitrogens with two attached hydrogens (primary N) is 1. The molecule has 1 aromatic rings. The molecule has 0 radical (unpaired) electrons. The van der Waals surface area contributed by atoms with Gasteiger partial charge in [0.25, 0.3) is 0 Å². The number of benzene rings is 1. The molecule has 0 aliphatic rings. The van der Waals surface area contributed by atoms with Crippen LogP contribution in [0.3, 0.4) is 0 Å². The molecule has 4 N–H and O–H groups in total. The maximum Gasteiger partial charge on any atom is 0.322 e. The molecule has 0 saturated carbocycles. The van der Waals surface area contributed by atoms with Gasteiger partial charge in [0.1, 0.15) is 6.54 Å². The van der Waals surface area contributed by atoms with Gasteiger partial charge in [-0.15, -0.1) is 0 Å². The Hall–Kier alpha value is -1.80. The highest BCUT2D eigenvalue weighted by Crippen LogP contribution is 2.23. The molecule has 0 aromatic heterocycles. The maximum atomic E-state index is 11.8. The zero-order chi connectivity index (χ0) is 13.9. The van der Waals surface area contributed by atoms with E-state index in [0.717, 1.165) is 4.31 Å². The number of sulfonamides is 1. The molecule has 0 amide bonds. The van der Waals surface area contributed by atoms with Gasteiger partial charge >= 0.3 is 5.97 Å². The number of hydrogen-bond acceptors (Lipinski definition) is 5. The Morgan fingerprint density at radius 3 is 2.50 bits per heavy atom. The summed E-state index contributed by atoms with van der Waals surface area (Å²) < 4.78 is 24.7. The van der Waals surface area contributed by atoms with Crippen LogP contribution in [0.5, 0.6) is 0 Å². The van der Waals surface area contributed by atoms with E-state index in [0.29, 0.717) is 5.69 Å². The van der Waals surface area contributed by atoms with Gasteiger partial charge < -0.3 is 16.2 Å². The number of nitrogens with one attached hydrogen (secondary N) is 1. The van der Waals surface area contributed by atoms with Crippen LogP contribution >= 0.6 is 0 Å². The lowest BCUT2D eigenvalue weighted by Gasteiger charge is -2.13. The zero-order valence-electron chi connectivity index (χ0n) is 10.0. The summed E-state index contributed by atoms with van der Waals surface area (Å²) in [5, 5.41) is 11.1. The summed E-state index contributed by atoms with van der Waals surface area (Å²) in [4.78, 5) is 10.5. The van der Waals surface area contributed by atoms with E-state index in [-0.39, 0.29) is 17.1 Å². The Balaban J connectivity index is 3.03. The van der Waals surface area contributed by atoms with Crippen molar-refractivity contribution in [3.05, 3.63) is 18.2 Å². The van der Waals surface area contributed by atoms with Crippen molar-refractivity contribution in [3.63, 3.8) is 0 Å². The van der Waals surface area contributed by atoms with Crippen LogP contribution in [0.2, 0.25) is 0 Å². The Kier molecular flexibility index (Phi) is 4.15. The van der Waals surface area contributed by atoms with E-state index in [1.165, 1.54) is 32.3 Å². The second-order valence-electron chi connectivity index (χ2n) is 3.78. The van der Waals surface area contributed by atoms with Gasteiger partial charge in [0.15, 0.2) is 0 Å². The molecule has 0 unspecified atom stereocenters. The van der Waals surface area contributed by atoms with E-state index in [1.54, 1.807) is 0 Å². The molecule has 0 atom stereocenters. The lowest BCUT2D eigenvalue weighted by molar-refractivity contribution is -0.134. The van der Waals surface area contributed by atoms with Gasteiger partial charge in [-0.25, -0.2) is 12.7 Å². The number of rotatable bonds is 5. The number of nitrogen functional groups attached to an aromatic ring is 1. The quantitative estimate of drug-likeness (QED) is 0.652. The van der Waals surface area contributed by atoms with Gasteiger partial charge in [-0.05, 0) is 18.2 Å². The SMILES string of the molecule is CN(C)S(=O)(=O)c1ccc(NCC(=O)O)c(N)c1. The van der Waals surface area contributed by atoms with E-state index in [9.17, 15) is 13.2 Å². The molecule has 0 bridgehead atoms. The van der Waals surface area contributed by atoms with Gasteiger partial charge in [0, 0.05) is 14.1 Å². The fourth-order valence-corrected chi connectivity index (χ4v) is 2.18. The van der Waals surface area contributed by atoms with Crippen molar-refractivity contribution in [1.29, 1.82) is 0 Å². The van der Waals surface area contributed by atoms with Crippen molar-refractivity contribution in [2.24, 2.45) is 0 Å². The monoisotopic (exact) mass is 273 g/mol.